The maximum absolute atomic E-state index is 10.6. The Balaban J connectivity index is 2.53. The molecule has 2 aromatic rings. The normalized spacial score (nSPS) is 10.5. The molecule has 0 aromatic heterocycles. The second-order valence-electron chi connectivity index (χ2n) is 4.04. The average Bonchev–Trinajstić information content (AvgIpc) is 2.36. The number of hydrogen-bond acceptors (Lipinski definition) is 3. The Bertz CT molecular complexity index is 590. The van der Waals surface area contributed by atoms with E-state index in [4.69, 9.17) is 9.84 Å². The highest BCUT2D eigenvalue weighted by molar-refractivity contribution is 5.89. The SMILES string of the molecule is COc1ccc2ccc(O)c(CCC(=O)O)c2c1. The summed E-state index contributed by atoms with van der Waals surface area (Å²) in [5.74, 6) is -0.0732. The summed E-state index contributed by atoms with van der Waals surface area (Å²) in [5.41, 5.74) is 0.647. The van der Waals surface area contributed by atoms with Crippen molar-refractivity contribution in [3.8, 4) is 11.5 Å². The molecule has 2 rings (SSSR count). The molecule has 0 aliphatic rings. The van der Waals surface area contributed by atoms with E-state index in [0.29, 0.717) is 17.7 Å². The van der Waals surface area contributed by atoms with Gasteiger partial charge in [-0.05, 0) is 35.4 Å². The predicted octanol–water partition coefficient (Wildman–Crippen LogP) is 2.57. The van der Waals surface area contributed by atoms with Crippen LogP contribution in [0.5, 0.6) is 11.5 Å². The van der Waals surface area contributed by atoms with Crippen LogP contribution in [0.3, 0.4) is 0 Å². The molecule has 2 aromatic carbocycles. The summed E-state index contributed by atoms with van der Waals surface area (Å²) in [5, 5.41) is 20.4. The van der Waals surface area contributed by atoms with Crippen molar-refractivity contribution in [1.82, 2.24) is 0 Å². The molecule has 0 amide bonds. The zero-order valence-corrected chi connectivity index (χ0v) is 10.0. The number of phenols is 1. The number of phenolic OH excluding ortho intramolecular Hbond substituents is 1. The molecule has 18 heavy (non-hydrogen) atoms. The minimum atomic E-state index is -0.880. The number of carboxylic acids is 1. The molecule has 0 radical (unpaired) electrons. The number of rotatable bonds is 4. The fourth-order valence-electron chi connectivity index (χ4n) is 1.97. The van der Waals surface area contributed by atoms with E-state index in [-0.39, 0.29) is 12.2 Å². The summed E-state index contributed by atoms with van der Waals surface area (Å²) < 4.78 is 5.14. The Hall–Kier alpha value is -2.23. The second kappa shape index (κ2) is 4.96. The first-order valence-corrected chi connectivity index (χ1v) is 5.62. The topological polar surface area (TPSA) is 66.8 Å². The van der Waals surface area contributed by atoms with Gasteiger partial charge >= 0.3 is 5.97 Å². The molecule has 0 heterocycles. The van der Waals surface area contributed by atoms with Gasteiger partial charge in [0.2, 0.25) is 0 Å². The van der Waals surface area contributed by atoms with Gasteiger partial charge in [0.25, 0.3) is 0 Å². The first-order chi connectivity index (χ1) is 8.61. The van der Waals surface area contributed by atoms with Crippen LogP contribution < -0.4 is 4.74 Å². The molecule has 0 saturated carbocycles. The van der Waals surface area contributed by atoms with E-state index < -0.39 is 5.97 Å². The molecule has 0 atom stereocenters. The molecule has 0 aliphatic heterocycles. The van der Waals surface area contributed by atoms with Gasteiger partial charge in [-0.1, -0.05) is 12.1 Å². The van der Waals surface area contributed by atoms with Crippen molar-refractivity contribution in [2.45, 2.75) is 12.8 Å². The molecule has 0 aliphatic carbocycles. The van der Waals surface area contributed by atoms with E-state index in [9.17, 15) is 9.90 Å². The minimum Gasteiger partial charge on any atom is -0.508 e. The van der Waals surface area contributed by atoms with Gasteiger partial charge < -0.3 is 14.9 Å². The molecular formula is C14H14O4. The fourth-order valence-corrected chi connectivity index (χ4v) is 1.97. The first-order valence-electron chi connectivity index (χ1n) is 5.62. The van der Waals surface area contributed by atoms with Gasteiger partial charge in [-0.25, -0.2) is 0 Å². The standard InChI is InChI=1S/C14H14O4/c1-18-10-4-2-9-3-6-13(15)11(12(9)8-10)5-7-14(16)17/h2-4,6,8,15H,5,7H2,1H3,(H,16,17). The Kier molecular flexibility index (Phi) is 3.37. The van der Waals surface area contributed by atoms with Crippen LogP contribution in [0.1, 0.15) is 12.0 Å². The zero-order chi connectivity index (χ0) is 13.1. The second-order valence-corrected chi connectivity index (χ2v) is 4.04. The lowest BCUT2D eigenvalue weighted by atomic mass is 9.99. The van der Waals surface area contributed by atoms with Gasteiger partial charge in [-0.15, -0.1) is 0 Å². The molecule has 0 spiro atoms. The molecular weight excluding hydrogens is 232 g/mol. The highest BCUT2D eigenvalue weighted by Crippen LogP contribution is 2.30. The van der Waals surface area contributed by atoms with Crippen LogP contribution in [0.25, 0.3) is 10.8 Å². The number of aliphatic carboxylic acids is 1. The lowest BCUT2D eigenvalue weighted by Crippen LogP contribution is -1.98. The van der Waals surface area contributed by atoms with Crippen LogP contribution >= 0.6 is 0 Å². The lowest BCUT2D eigenvalue weighted by molar-refractivity contribution is -0.136. The number of carboxylic acid groups (broad SMARTS) is 1. The smallest absolute Gasteiger partial charge is 0.303 e. The zero-order valence-electron chi connectivity index (χ0n) is 10.0. The monoisotopic (exact) mass is 246 g/mol. The van der Waals surface area contributed by atoms with Gasteiger partial charge in [-0.3, -0.25) is 4.79 Å². The van der Waals surface area contributed by atoms with Crippen molar-refractivity contribution in [2.75, 3.05) is 7.11 Å². The van der Waals surface area contributed by atoms with Gasteiger partial charge in [-0.2, -0.15) is 0 Å². The van der Waals surface area contributed by atoms with Gasteiger partial charge in [0.1, 0.15) is 11.5 Å². The van der Waals surface area contributed by atoms with Crippen molar-refractivity contribution in [3.63, 3.8) is 0 Å². The number of aryl methyl sites for hydroxylation is 1. The third-order valence-electron chi connectivity index (χ3n) is 2.90. The third-order valence-corrected chi connectivity index (χ3v) is 2.90. The van der Waals surface area contributed by atoms with Gasteiger partial charge in [0, 0.05) is 12.0 Å². The molecule has 94 valence electrons. The number of aromatic hydroxyl groups is 1. The number of benzene rings is 2. The Morgan fingerprint density at radius 2 is 2.00 bits per heavy atom. The summed E-state index contributed by atoms with van der Waals surface area (Å²) in [6.07, 6.45) is 0.287. The number of fused-ring (bicyclic) bond motifs is 1. The van der Waals surface area contributed by atoms with Gasteiger partial charge in [0.05, 0.1) is 7.11 Å². The van der Waals surface area contributed by atoms with E-state index in [1.807, 2.05) is 18.2 Å². The fraction of sp³-hybridized carbons (Fsp3) is 0.214. The largest absolute Gasteiger partial charge is 0.508 e. The summed E-state index contributed by atoms with van der Waals surface area (Å²) in [6, 6.07) is 8.92. The van der Waals surface area contributed by atoms with Crippen molar-refractivity contribution in [3.05, 3.63) is 35.9 Å². The first kappa shape index (κ1) is 12.2. The van der Waals surface area contributed by atoms with Crippen LogP contribution in [0, 0.1) is 0 Å². The Morgan fingerprint density at radius 1 is 1.28 bits per heavy atom. The Morgan fingerprint density at radius 3 is 2.67 bits per heavy atom. The third kappa shape index (κ3) is 2.37. The number of hydrogen-bond donors (Lipinski definition) is 2. The molecule has 4 heteroatoms. The van der Waals surface area contributed by atoms with Crippen molar-refractivity contribution in [2.24, 2.45) is 0 Å². The summed E-state index contributed by atoms with van der Waals surface area (Å²) in [7, 11) is 1.57. The van der Waals surface area contributed by atoms with Crippen LogP contribution in [0.15, 0.2) is 30.3 Å². The molecule has 0 saturated heterocycles. The number of ether oxygens (including phenoxy) is 1. The summed E-state index contributed by atoms with van der Waals surface area (Å²) >= 11 is 0. The van der Waals surface area contributed by atoms with Crippen LogP contribution in [0.4, 0.5) is 0 Å². The predicted molar refractivity (Wildman–Crippen MR) is 68.1 cm³/mol. The van der Waals surface area contributed by atoms with E-state index in [0.717, 1.165) is 10.8 Å². The molecule has 0 unspecified atom stereocenters. The quantitative estimate of drug-likeness (QED) is 0.870. The van der Waals surface area contributed by atoms with E-state index in [1.165, 1.54) is 0 Å². The van der Waals surface area contributed by atoms with Crippen LogP contribution in [-0.4, -0.2) is 23.3 Å². The molecule has 0 fully saturated rings. The summed E-state index contributed by atoms with van der Waals surface area (Å²) in [6.45, 7) is 0. The van der Waals surface area contributed by atoms with Crippen molar-refractivity contribution < 1.29 is 19.7 Å². The van der Waals surface area contributed by atoms with Crippen LogP contribution in [-0.2, 0) is 11.2 Å². The van der Waals surface area contributed by atoms with E-state index >= 15 is 0 Å². The number of methoxy groups -OCH3 is 1. The van der Waals surface area contributed by atoms with Crippen molar-refractivity contribution >= 4 is 16.7 Å². The molecule has 4 nitrogen and oxygen atoms in total. The highest BCUT2D eigenvalue weighted by atomic mass is 16.5. The lowest BCUT2D eigenvalue weighted by Gasteiger charge is -2.09. The molecule has 2 N–H and O–H groups in total. The van der Waals surface area contributed by atoms with Crippen LogP contribution in [0.2, 0.25) is 0 Å². The maximum Gasteiger partial charge on any atom is 0.303 e. The minimum absolute atomic E-state index is 0.0100. The van der Waals surface area contributed by atoms with Crippen molar-refractivity contribution in [1.29, 1.82) is 0 Å². The van der Waals surface area contributed by atoms with E-state index in [1.54, 1.807) is 19.2 Å². The summed E-state index contributed by atoms with van der Waals surface area (Å²) in [4.78, 5) is 10.6. The highest BCUT2D eigenvalue weighted by Gasteiger charge is 2.09. The molecule has 0 bridgehead atoms. The maximum atomic E-state index is 10.6. The Labute approximate surface area is 104 Å². The van der Waals surface area contributed by atoms with Gasteiger partial charge in [0.15, 0.2) is 0 Å². The number of carbonyl (C=O) groups is 1. The average molecular weight is 246 g/mol. The van der Waals surface area contributed by atoms with E-state index in [2.05, 4.69) is 0 Å².